The van der Waals surface area contributed by atoms with Gasteiger partial charge in [0.1, 0.15) is 0 Å². The summed E-state index contributed by atoms with van der Waals surface area (Å²) in [6, 6.07) is 0. The van der Waals surface area contributed by atoms with Crippen molar-refractivity contribution < 1.29 is 9.59 Å². The van der Waals surface area contributed by atoms with Crippen molar-refractivity contribution >= 4 is 11.8 Å². The van der Waals surface area contributed by atoms with Crippen molar-refractivity contribution in [3.8, 4) is 0 Å². The molecule has 1 heterocycles. The number of likely N-dealkylation sites (tertiary alicyclic amines) is 1. The first kappa shape index (κ1) is 17.0. The predicted octanol–water partition coefficient (Wildman–Crippen LogP) is 3.00. The summed E-state index contributed by atoms with van der Waals surface area (Å²) < 4.78 is 0. The van der Waals surface area contributed by atoms with E-state index in [-0.39, 0.29) is 5.91 Å². The van der Waals surface area contributed by atoms with Crippen LogP contribution in [0.15, 0.2) is 0 Å². The van der Waals surface area contributed by atoms with E-state index in [0.717, 1.165) is 51.6 Å². The first-order valence-electron chi connectivity index (χ1n) is 8.26. The SMILES string of the molecule is NC(=O)CCCCCCCCC(=O)N1CCCCCC1. The van der Waals surface area contributed by atoms with Crippen LogP contribution in [0.25, 0.3) is 0 Å². The third-order valence-electron chi connectivity index (χ3n) is 4.02. The average molecular weight is 282 g/mol. The lowest BCUT2D eigenvalue weighted by Crippen LogP contribution is -2.31. The highest BCUT2D eigenvalue weighted by Gasteiger charge is 2.14. The molecule has 0 bridgehead atoms. The Morgan fingerprint density at radius 1 is 0.750 bits per heavy atom. The van der Waals surface area contributed by atoms with Gasteiger partial charge in [-0.2, -0.15) is 0 Å². The molecule has 0 aliphatic carbocycles. The quantitative estimate of drug-likeness (QED) is 0.661. The van der Waals surface area contributed by atoms with Crippen molar-refractivity contribution in [2.75, 3.05) is 13.1 Å². The fraction of sp³-hybridized carbons (Fsp3) is 0.875. The fourth-order valence-electron chi connectivity index (χ4n) is 2.76. The van der Waals surface area contributed by atoms with Crippen molar-refractivity contribution in [3.05, 3.63) is 0 Å². The number of nitrogens with two attached hydrogens (primary N) is 1. The van der Waals surface area contributed by atoms with Gasteiger partial charge in [-0.05, 0) is 25.7 Å². The second-order valence-electron chi connectivity index (χ2n) is 5.88. The Morgan fingerprint density at radius 2 is 1.25 bits per heavy atom. The Kier molecular flexibility index (Phi) is 9.09. The van der Waals surface area contributed by atoms with E-state index < -0.39 is 0 Å². The summed E-state index contributed by atoms with van der Waals surface area (Å²) in [5.74, 6) is 0.147. The largest absolute Gasteiger partial charge is 0.370 e. The van der Waals surface area contributed by atoms with Gasteiger partial charge < -0.3 is 10.6 Å². The Morgan fingerprint density at radius 3 is 1.80 bits per heavy atom. The molecule has 2 amide bonds. The number of primary amides is 1. The Balaban J connectivity index is 1.94. The van der Waals surface area contributed by atoms with E-state index in [1.807, 2.05) is 0 Å². The average Bonchev–Trinajstić information content (AvgIpc) is 2.70. The molecule has 1 aliphatic rings. The van der Waals surface area contributed by atoms with Gasteiger partial charge in [-0.15, -0.1) is 0 Å². The molecule has 0 aromatic rings. The number of nitrogens with zero attached hydrogens (tertiary/aromatic N) is 1. The molecule has 0 radical (unpaired) electrons. The fourth-order valence-corrected chi connectivity index (χ4v) is 2.76. The number of hydrogen-bond acceptors (Lipinski definition) is 2. The highest BCUT2D eigenvalue weighted by atomic mass is 16.2. The molecule has 1 rings (SSSR count). The van der Waals surface area contributed by atoms with E-state index in [9.17, 15) is 9.59 Å². The molecule has 1 saturated heterocycles. The number of rotatable bonds is 9. The predicted molar refractivity (Wildman–Crippen MR) is 81.2 cm³/mol. The van der Waals surface area contributed by atoms with Crippen LogP contribution < -0.4 is 5.73 Å². The molecule has 0 aromatic heterocycles. The summed E-state index contributed by atoms with van der Waals surface area (Å²) in [5, 5.41) is 0. The van der Waals surface area contributed by atoms with E-state index in [1.165, 1.54) is 25.7 Å². The highest BCUT2D eigenvalue weighted by molar-refractivity contribution is 5.76. The summed E-state index contributed by atoms with van der Waals surface area (Å²) in [6.07, 6.45) is 12.5. The maximum atomic E-state index is 12.0. The smallest absolute Gasteiger partial charge is 0.222 e. The summed E-state index contributed by atoms with van der Waals surface area (Å²) in [5.41, 5.74) is 5.09. The Labute approximate surface area is 123 Å². The van der Waals surface area contributed by atoms with Crippen LogP contribution in [0.1, 0.15) is 77.0 Å². The molecular weight excluding hydrogens is 252 g/mol. The van der Waals surface area contributed by atoms with Crippen LogP contribution in [0.4, 0.5) is 0 Å². The molecule has 4 nitrogen and oxygen atoms in total. The van der Waals surface area contributed by atoms with E-state index in [2.05, 4.69) is 4.90 Å². The van der Waals surface area contributed by atoms with Crippen LogP contribution in [0.3, 0.4) is 0 Å². The van der Waals surface area contributed by atoms with Crippen molar-refractivity contribution in [2.45, 2.75) is 77.0 Å². The van der Waals surface area contributed by atoms with Crippen LogP contribution in [0.2, 0.25) is 0 Å². The maximum absolute atomic E-state index is 12.0. The second-order valence-corrected chi connectivity index (χ2v) is 5.88. The summed E-state index contributed by atoms with van der Waals surface area (Å²) in [6.45, 7) is 1.93. The van der Waals surface area contributed by atoms with Gasteiger partial charge in [0.05, 0.1) is 0 Å². The van der Waals surface area contributed by atoms with Gasteiger partial charge in [-0.25, -0.2) is 0 Å². The van der Waals surface area contributed by atoms with Crippen LogP contribution in [-0.2, 0) is 9.59 Å². The number of amides is 2. The third-order valence-corrected chi connectivity index (χ3v) is 4.02. The normalized spacial score (nSPS) is 15.9. The molecule has 0 aromatic carbocycles. The Bertz CT molecular complexity index is 284. The maximum Gasteiger partial charge on any atom is 0.222 e. The lowest BCUT2D eigenvalue weighted by molar-refractivity contribution is -0.131. The van der Waals surface area contributed by atoms with E-state index >= 15 is 0 Å². The molecule has 0 saturated carbocycles. The van der Waals surface area contributed by atoms with Gasteiger partial charge in [-0.1, -0.05) is 38.5 Å². The number of carbonyl (C=O) groups is 2. The van der Waals surface area contributed by atoms with Crippen molar-refractivity contribution in [2.24, 2.45) is 5.73 Å². The Hall–Kier alpha value is -1.06. The first-order valence-corrected chi connectivity index (χ1v) is 8.26. The second kappa shape index (κ2) is 10.7. The summed E-state index contributed by atoms with van der Waals surface area (Å²) >= 11 is 0. The minimum atomic E-state index is -0.201. The zero-order chi connectivity index (χ0) is 14.6. The molecule has 0 spiro atoms. The van der Waals surface area contributed by atoms with Crippen molar-refractivity contribution in [3.63, 3.8) is 0 Å². The number of hydrogen-bond donors (Lipinski definition) is 1. The molecule has 1 aliphatic heterocycles. The van der Waals surface area contributed by atoms with Crippen molar-refractivity contribution in [1.82, 2.24) is 4.90 Å². The monoisotopic (exact) mass is 282 g/mol. The van der Waals surface area contributed by atoms with Crippen LogP contribution in [0, 0.1) is 0 Å². The zero-order valence-electron chi connectivity index (χ0n) is 12.7. The van der Waals surface area contributed by atoms with Gasteiger partial charge in [0.25, 0.3) is 0 Å². The lowest BCUT2D eigenvalue weighted by Gasteiger charge is -2.20. The molecule has 2 N–H and O–H groups in total. The molecule has 116 valence electrons. The standard InChI is InChI=1S/C16H30N2O2/c17-15(19)11-7-3-1-2-4-8-12-16(20)18-13-9-5-6-10-14-18/h1-14H2,(H2,17,19). The van der Waals surface area contributed by atoms with E-state index in [0.29, 0.717) is 18.7 Å². The minimum Gasteiger partial charge on any atom is -0.370 e. The van der Waals surface area contributed by atoms with Crippen LogP contribution in [0.5, 0.6) is 0 Å². The van der Waals surface area contributed by atoms with Gasteiger partial charge in [0.2, 0.25) is 11.8 Å². The topological polar surface area (TPSA) is 63.4 Å². The number of unbranched alkanes of at least 4 members (excludes halogenated alkanes) is 5. The molecule has 1 fully saturated rings. The highest BCUT2D eigenvalue weighted by Crippen LogP contribution is 2.13. The van der Waals surface area contributed by atoms with Crippen LogP contribution in [-0.4, -0.2) is 29.8 Å². The van der Waals surface area contributed by atoms with E-state index in [4.69, 9.17) is 5.73 Å². The molecule has 0 atom stereocenters. The lowest BCUT2D eigenvalue weighted by atomic mass is 10.1. The third kappa shape index (κ3) is 8.18. The van der Waals surface area contributed by atoms with Gasteiger partial charge in [0, 0.05) is 25.9 Å². The van der Waals surface area contributed by atoms with Gasteiger partial charge in [0.15, 0.2) is 0 Å². The van der Waals surface area contributed by atoms with Crippen molar-refractivity contribution in [1.29, 1.82) is 0 Å². The molecule has 20 heavy (non-hydrogen) atoms. The van der Waals surface area contributed by atoms with Gasteiger partial charge >= 0.3 is 0 Å². The summed E-state index contributed by atoms with van der Waals surface area (Å²) in [4.78, 5) is 24.7. The molecule has 4 heteroatoms. The molecule has 0 unspecified atom stereocenters. The van der Waals surface area contributed by atoms with Gasteiger partial charge in [-0.3, -0.25) is 9.59 Å². The number of carbonyl (C=O) groups excluding carboxylic acids is 2. The van der Waals surface area contributed by atoms with E-state index in [1.54, 1.807) is 0 Å². The zero-order valence-corrected chi connectivity index (χ0v) is 12.7. The molecular formula is C16H30N2O2. The summed E-state index contributed by atoms with van der Waals surface area (Å²) in [7, 11) is 0. The van der Waals surface area contributed by atoms with Crippen LogP contribution >= 0.6 is 0 Å². The minimum absolute atomic E-state index is 0.201. The first-order chi connectivity index (χ1) is 9.70.